The molecule has 2 amide bonds. The zero-order valence-corrected chi connectivity index (χ0v) is 15.6. The van der Waals surface area contributed by atoms with Crippen LogP contribution in [0, 0.1) is 11.8 Å². The molecule has 0 radical (unpaired) electrons. The Hall–Kier alpha value is -2.18. The van der Waals surface area contributed by atoms with Gasteiger partial charge in [0.2, 0.25) is 11.8 Å². The minimum Gasteiger partial charge on any atom is -0.382 e. The summed E-state index contributed by atoms with van der Waals surface area (Å²) in [5.74, 6) is 1.44. The van der Waals surface area contributed by atoms with Crippen molar-refractivity contribution in [3.8, 4) is 0 Å². The third-order valence-corrected chi connectivity index (χ3v) is 5.67. The monoisotopic (exact) mass is 359 g/mol. The maximum atomic E-state index is 12.9. The number of hydrogen-bond donors (Lipinski definition) is 1. The zero-order chi connectivity index (χ0) is 18.5. The number of nitrogens with two attached hydrogens (primary N) is 1. The highest BCUT2D eigenvalue weighted by atomic mass is 16.2. The molecule has 2 aliphatic heterocycles. The molecule has 3 rings (SSSR count). The van der Waals surface area contributed by atoms with Crippen molar-refractivity contribution in [2.24, 2.45) is 11.8 Å². The fourth-order valence-corrected chi connectivity index (χ4v) is 4.06. The van der Waals surface area contributed by atoms with E-state index >= 15 is 0 Å². The Labute approximate surface area is 155 Å². The van der Waals surface area contributed by atoms with Gasteiger partial charge in [-0.3, -0.25) is 14.6 Å². The maximum absolute atomic E-state index is 12.9. The third-order valence-electron chi connectivity index (χ3n) is 5.67. The summed E-state index contributed by atoms with van der Waals surface area (Å²) in [5.41, 5.74) is 6.57. The molecule has 0 aromatic carbocycles. The second kappa shape index (κ2) is 8.47. The van der Waals surface area contributed by atoms with Gasteiger partial charge in [-0.25, -0.2) is 4.98 Å². The lowest BCUT2D eigenvalue weighted by Gasteiger charge is -2.33. The second-order valence-electron chi connectivity index (χ2n) is 7.54. The number of aromatic nitrogens is 2. The number of hydrogen-bond acceptors (Lipinski definition) is 5. The topological polar surface area (TPSA) is 92.4 Å². The summed E-state index contributed by atoms with van der Waals surface area (Å²) in [5, 5.41) is 0. The van der Waals surface area contributed by atoms with E-state index in [1.54, 1.807) is 19.3 Å². The predicted octanol–water partition coefficient (Wildman–Crippen LogP) is 1.49. The summed E-state index contributed by atoms with van der Waals surface area (Å²) in [4.78, 5) is 36.7. The number of amides is 2. The van der Waals surface area contributed by atoms with Gasteiger partial charge < -0.3 is 15.5 Å². The number of anilines is 1. The lowest BCUT2D eigenvalue weighted by atomic mass is 9.94. The highest BCUT2D eigenvalue weighted by Crippen LogP contribution is 2.25. The summed E-state index contributed by atoms with van der Waals surface area (Å²) >= 11 is 0. The van der Waals surface area contributed by atoms with E-state index in [9.17, 15) is 9.59 Å². The largest absolute Gasteiger partial charge is 0.382 e. The Bertz CT molecular complexity index is 625. The first kappa shape index (κ1) is 18.6. The fourth-order valence-electron chi connectivity index (χ4n) is 4.06. The quantitative estimate of drug-likeness (QED) is 0.883. The van der Waals surface area contributed by atoms with Gasteiger partial charge in [0.25, 0.3) is 0 Å². The van der Waals surface area contributed by atoms with Crippen LogP contribution in [-0.4, -0.2) is 57.8 Å². The first-order valence-electron chi connectivity index (χ1n) is 9.63. The Morgan fingerprint density at radius 3 is 2.42 bits per heavy atom. The number of nitrogen functional groups attached to an aromatic ring is 1. The number of piperidine rings is 1. The molecule has 1 aromatic heterocycles. The fraction of sp³-hybridized carbons (Fsp3) is 0.684. The molecule has 2 fully saturated rings. The van der Waals surface area contributed by atoms with Crippen LogP contribution < -0.4 is 5.73 Å². The second-order valence-corrected chi connectivity index (χ2v) is 7.54. The smallest absolute Gasteiger partial charge is 0.225 e. The molecule has 0 spiro atoms. The van der Waals surface area contributed by atoms with Crippen molar-refractivity contribution in [3.05, 3.63) is 18.1 Å². The normalized spacial score (nSPS) is 22.1. The number of likely N-dealkylation sites (tertiary alicyclic amines) is 2. The van der Waals surface area contributed by atoms with Crippen molar-refractivity contribution in [2.45, 2.75) is 45.4 Å². The van der Waals surface area contributed by atoms with Gasteiger partial charge in [-0.2, -0.15) is 0 Å². The number of carbonyl (C=O) groups excluding carboxylic acids is 2. The van der Waals surface area contributed by atoms with Crippen LogP contribution in [0.1, 0.15) is 44.7 Å². The van der Waals surface area contributed by atoms with E-state index in [0.717, 1.165) is 57.3 Å². The standard InChI is InChI=1S/C19H29N5O2/c1-14(25)23-9-5-16(6-10-23)19(26)24-7-2-3-15(4-8-24)11-17-12-22-18(20)13-21-17/h12-13,15-16H,2-11H2,1H3,(H2,20,22)/t15-/m1/s1. The molecular weight excluding hydrogens is 330 g/mol. The Balaban J connectivity index is 1.49. The summed E-state index contributed by atoms with van der Waals surface area (Å²) in [6.07, 6.45) is 8.99. The average molecular weight is 359 g/mol. The van der Waals surface area contributed by atoms with E-state index in [-0.39, 0.29) is 17.7 Å². The van der Waals surface area contributed by atoms with Crippen molar-refractivity contribution < 1.29 is 9.59 Å². The van der Waals surface area contributed by atoms with Gasteiger partial charge >= 0.3 is 0 Å². The Morgan fingerprint density at radius 1 is 1.04 bits per heavy atom. The number of carbonyl (C=O) groups is 2. The van der Waals surface area contributed by atoms with Crippen LogP contribution in [0.3, 0.4) is 0 Å². The molecule has 2 N–H and O–H groups in total. The van der Waals surface area contributed by atoms with Gasteiger partial charge in [-0.15, -0.1) is 0 Å². The highest BCUT2D eigenvalue weighted by Gasteiger charge is 2.30. The summed E-state index contributed by atoms with van der Waals surface area (Å²) < 4.78 is 0. The highest BCUT2D eigenvalue weighted by molar-refractivity contribution is 5.79. The molecule has 0 saturated carbocycles. The molecule has 142 valence electrons. The van der Waals surface area contributed by atoms with E-state index in [1.165, 1.54) is 0 Å². The predicted molar refractivity (Wildman–Crippen MR) is 99.0 cm³/mol. The van der Waals surface area contributed by atoms with Crippen molar-refractivity contribution >= 4 is 17.6 Å². The number of nitrogens with zero attached hydrogens (tertiary/aromatic N) is 4. The molecule has 7 heteroatoms. The van der Waals surface area contributed by atoms with E-state index in [1.807, 2.05) is 9.80 Å². The van der Waals surface area contributed by atoms with Crippen LogP contribution in [0.5, 0.6) is 0 Å². The zero-order valence-electron chi connectivity index (χ0n) is 15.6. The molecule has 2 saturated heterocycles. The summed E-state index contributed by atoms with van der Waals surface area (Å²) in [6, 6.07) is 0. The van der Waals surface area contributed by atoms with Crippen molar-refractivity contribution in [2.75, 3.05) is 31.9 Å². The van der Waals surface area contributed by atoms with Crippen LogP contribution in [0.15, 0.2) is 12.4 Å². The SMILES string of the molecule is CC(=O)N1CCC(C(=O)N2CCC[C@@H](Cc3cnc(N)cn3)CC2)CC1. The molecule has 1 atom stereocenters. The number of rotatable bonds is 3. The summed E-state index contributed by atoms with van der Waals surface area (Å²) in [7, 11) is 0. The first-order chi connectivity index (χ1) is 12.5. The lowest BCUT2D eigenvalue weighted by molar-refractivity contribution is -0.140. The molecule has 7 nitrogen and oxygen atoms in total. The summed E-state index contributed by atoms with van der Waals surface area (Å²) in [6.45, 7) is 4.67. The van der Waals surface area contributed by atoms with E-state index in [2.05, 4.69) is 9.97 Å². The van der Waals surface area contributed by atoms with Gasteiger partial charge in [0.05, 0.1) is 18.1 Å². The van der Waals surface area contributed by atoms with Crippen LogP contribution >= 0.6 is 0 Å². The van der Waals surface area contributed by atoms with Crippen LogP contribution in [-0.2, 0) is 16.0 Å². The van der Waals surface area contributed by atoms with Gasteiger partial charge in [0.1, 0.15) is 5.82 Å². The molecule has 0 unspecified atom stereocenters. The van der Waals surface area contributed by atoms with E-state index in [0.29, 0.717) is 24.8 Å². The van der Waals surface area contributed by atoms with Crippen molar-refractivity contribution in [1.82, 2.24) is 19.8 Å². The van der Waals surface area contributed by atoms with E-state index < -0.39 is 0 Å². The molecule has 2 aliphatic rings. The maximum Gasteiger partial charge on any atom is 0.225 e. The minimum absolute atomic E-state index is 0.0742. The van der Waals surface area contributed by atoms with Crippen LogP contribution in [0.2, 0.25) is 0 Å². The van der Waals surface area contributed by atoms with Crippen LogP contribution in [0.25, 0.3) is 0 Å². The van der Waals surface area contributed by atoms with E-state index in [4.69, 9.17) is 5.73 Å². The molecule has 0 aliphatic carbocycles. The van der Waals surface area contributed by atoms with Crippen LogP contribution in [0.4, 0.5) is 5.82 Å². The first-order valence-corrected chi connectivity index (χ1v) is 9.63. The Kier molecular flexibility index (Phi) is 6.06. The Morgan fingerprint density at radius 2 is 1.77 bits per heavy atom. The molecule has 26 heavy (non-hydrogen) atoms. The van der Waals surface area contributed by atoms with Crippen molar-refractivity contribution in [3.63, 3.8) is 0 Å². The third kappa shape index (κ3) is 4.71. The van der Waals surface area contributed by atoms with Gasteiger partial charge in [0, 0.05) is 39.0 Å². The lowest BCUT2D eigenvalue weighted by Crippen LogP contribution is -2.44. The van der Waals surface area contributed by atoms with Gasteiger partial charge in [-0.1, -0.05) is 0 Å². The molecule has 3 heterocycles. The minimum atomic E-state index is 0.0742. The molecule has 1 aromatic rings. The van der Waals surface area contributed by atoms with Gasteiger partial charge in [-0.05, 0) is 44.4 Å². The molecular formula is C19H29N5O2. The van der Waals surface area contributed by atoms with Gasteiger partial charge in [0.15, 0.2) is 0 Å². The van der Waals surface area contributed by atoms with Crippen molar-refractivity contribution in [1.29, 1.82) is 0 Å². The molecule has 0 bridgehead atoms. The average Bonchev–Trinajstić information content (AvgIpc) is 2.89.